The van der Waals surface area contributed by atoms with E-state index in [1.54, 1.807) is 0 Å². The fourth-order valence-electron chi connectivity index (χ4n) is 4.81. The Bertz CT molecular complexity index is 887. The molecule has 3 N–H and O–H groups in total. The van der Waals surface area contributed by atoms with Gasteiger partial charge in [0, 0.05) is 23.1 Å². The number of carbonyl (C=O) groups is 1. The number of aromatic nitrogens is 1. The minimum absolute atomic E-state index is 0.0283. The normalized spacial score (nSPS) is 21.5. The Balaban J connectivity index is 1.60. The predicted molar refractivity (Wildman–Crippen MR) is 105 cm³/mol. The molecule has 0 unspecified atom stereocenters. The largest absolute Gasteiger partial charge is 0.361 e. The lowest BCUT2D eigenvalue weighted by Crippen LogP contribution is -2.27. The zero-order valence-electron chi connectivity index (χ0n) is 15.0. The number of hydrogen-bond donors (Lipinski definition) is 3. The molecule has 134 valence electrons. The molecule has 0 bridgehead atoms. The molecule has 0 saturated carbocycles. The van der Waals surface area contributed by atoms with Crippen LogP contribution in [-0.4, -0.2) is 24.0 Å². The van der Waals surface area contributed by atoms with Crippen LogP contribution in [0, 0.1) is 0 Å². The molecular weight excluding hydrogens is 322 g/mol. The van der Waals surface area contributed by atoms with Crippen molar-refractivity contribution in [3.8, 4) is 0 Å². The Morgan fingerprint density at radius 1 is 1.08 bits per heavy atom. The Labute approximate surface area is 154 Å². The van der Waals surface area contributed by atoms with Crippen LogP contribution in [0.2, 0.25) is 0 Å². The molecule has 26 heavy (non-hydrogen) atoms. The third kappa shape index (κ3) is 2.60. The topological polar surface area (TPSA) is 56.9 Å². The zero-order valence-corrected chi connectivity index (χ0v) is 15.0. The highest BCUT2D eigenvalue weighted by Crippen LogP contribution is 2.41. The van der Waals surface area contributed by atoms with Crippen LogP contribution in [0.3, 0.4) is 0 Å². The zero-order chi connectivity index (χ0) is 17.5. The first kappa shape index (κ1) is 15.9. The monoisotopic (exact) mass is 347 g/mol. The van der Waals surface area contributed by atoms with E-state index in [4.69, 9.17) is 0 Å². The molecule has 1 saturated heterocycles. The number of fused-ring (bicyclic) bond motifs is 2. The molecule has 0 spiro atoms. The lowest BCUT2D eigenvalue weighted by Gasteiger charge is -2.25. The predicted octanol–water partition coefficient (Wildman–Crippen LogP) is 3.85. The van der Waals surface area contributed by atoms with E-state index in [9.17, 15) is 4.79 Å². The molecule has 2 aromatic rings. The Morgan fingerprint density at radius 3 is 2.81 bits per heavy atom. The van der Waals surface area contributed by atoms with Gasteiger partial charge in [-0.2, -0.15) is 0 Å². The van der Waals surface area contributed by atoms with E-state index in [0.717, 1.165) is 61.3 Å². The van der Waals surface area contributed by atoms with Gasteiger partial charge in [-0.15, -0.1) is 0 Å². The molecule has 1 aromatic heterocycles. The maximum Gasteiger partial charge on any atom is 0.256 e. The Kier molecular flexibility index (Phi) is 3.93. The van der Waals surface area contributed by atoms with Gasteiger partial charge in [0.25, 0.3) is 5.91 Å². The van der Waals surface area contributed by atoms with Crippen LogP contribution >= 0.6 is 0 Å². The van der Waals surface area contributed by atoms with Gasteiger partial charge in [-0.3, -0.25) is 4.79 Å². The lowest BCUT2D eigenvalue weighted by molar-refractivity contribution is -0.110. The molecule has 4 nitrogen and oxygen atoms in total. The standard InChI is InChI=1S/C22H25N3O/c26-22-18(12-20-16-5-2-1-4-15(16)13-24-20)21-17(6-3-7-19(21)25-22)14-8-10-23-11-9-14/h3,6-7,12-14,23-24H,1-2,4-5,8-11H2,(H,25,26). The second-order valence-electron chi connectivity index (χ2n) is 7.72. The molecule has 4 heteroatoms. The SMILES string of the molecule is O=C1Nc2cccc(C3CCNCC3)c2C1=Cc1[nH]cc2c1CCCC2. The van der Waals surface area contributed by atoms with E-state index in [1.807, 2.05) is 6.07 Å². The summed E-state index contributed by atoms with van der Waals surface area (Å²) in [6.45, 7) is 2.11. The fourth-order valence-corrected chi connectivity index (χ4v) is 4.81. The first-order chi connectivity index (χ1) is 12.8. The molecule has 3 heterocycles. The number of anilines is 1. The molecule has 1 aliphatic carbocycles. The number of carbonyl (C=O) groups excluding carboxylic acids is 1. The molecule has 0 radical (unpaired) electrons. The first-order valence-electron chi connectivity index (χ1n) is 9.87. The summed E-state index contributed by atoms with van der Waals surface area (Å²) >= 11 is 0. The van der Waals surface area contributed by atoms with Gasteiger partial charge in [0.15, 0.2) is 0 Å². The van der Waals surface area contributed by atoms with Crippen LogP contribution in [0.4, 0.5) is 5.69 Å². The summed E-state index contributed by atoms with van der Waals surface area (Å²) in [6.07, 6.45) is 11.3. The van der Waals surface area contributed by atoms with E-state index >= 15 is 0 Å². The second-order valence-corrected chi connectivity index (χ2v) is 7.72. The summed E-state index contributed by atoms with van der Waals surface area (Å²) < 4.78 is 0. The summed E-state index contributed by atoms with van der Waals surface area (Å²) in [5.74, 6) is 0.556. The lowest BCUT2D eigenvalue weighted by atomic mass is 9.84. The van der Waals surface area contributed by atoms with Crippen molar-refractivity contribution in [2.24, 2.45) is 0 Å². The number of amides is 1. The molecule has 5 rings (SSSR count). The molecule has 3 aliphatic rings. The summed E-state index contributed by atoms with van der Waals surface area (Å²) in [5, 5.41) is 6.52. The van der Waals surface area contributed by atoms with Gasteiger partial charge >= 0.3 is 0 Å². The average molecular weight is 347 g/mol. The minimum Gasteiger partial charge on any atom is -0.361 e. The molecule has 1 fully saturated rings. The van der Waals surface area contributed by atoms with Crippen LogP contribution in [0.5, 0.6) is 0 Å². The van der Waals surface area contributed by atoms with Crippen LogP contribution in [0.1, 0.15) is 59.5 Å². The average Bonchev–Trinajstić information content (AvgIpc) is 3.24. The van der Waals surface area contributed by atoms with Crippen molar-refractivity contribution < 1.29 is 4.79 Å². The van der Waals surface area contributed by atoms with Crippen molar-refractivity contribution in [1.82, 2.24) is 10.3 Å². The van der Waals surface area contributed by atoms with E-state index in [1.165, 1.54) is 29.5 Å². The second kappa shape index (κ2) is 6.44. The highest BCUT2D eigenvalue weighted by molar-refractivity contribution is 6.35. The van der Waals surface area contributed by atoms with E-state index < -0.39 is 0 Å². The van der Waals surface area contributed by atoms with Crippen molar-refractivity contribution in [3.63, 3.8) is 0 Å². The van der Waals surface area contributed by atoms with Gasteiger partial charge < -0.3 is 15.6 Å². The van der Waals surface area contributed by atoms with Gasteiger partial charge in [-0.1, -0.05) is 12.1 Å². The summed E-state index contributed by atoms with van der Waals surface area (Å²) in [7, 11) is 0. The molecule has 0 atom stereocenters. The minimum atomic E-state index is 0.0283. The van der Waals surface area contributed by atoms with Gasteiger partial charge in [0.2, 0.25) is 0 Å². The number of aryl methyl sites for hydroxylation is 1. The van der Waals surface area contributed by atoms with Gasteiger partial charge in [0.1, 0.15) is 0 Å². The number of aromatic amines is 1. The van der Waals surface area contributed by atoms with Crippen molar-refractivity contribution in [2.45, 2.75) is 44.4 Å². The van der Waals surface area contributed by atoms with E-state index in [0.29, 0.717) is 5.92 Å². The quantitative estimate of drug-likeness (QED) is 0.723. The summed E-state index contributed by atoms with van der Waals surface area (Å²) in [4.78, 5) is 16.2. The van der Waals surface area contributed by atoms with Gasteiger partial charge in [0.05, 0.1) is 5.57 Å². The third-order valence-electron chi connectivity index (χ3n) is 6.16. The number of nitrogens with one attached hydrogen (secondary N) is 3. The Morgan fingerprint density at radius 2 is 1.92 bits per heavy atom. The van der Waals surface area contributed by atoms with Crippen LogP contribution in [-0.2, 0) is 17.6 Å². The van der Waals surface area contributed by atoms with Crippen molar-refractivity contribution in [1.29, 1.82) is 0 Å². The Hall–Kier alpha value is -2.33. The van der Waals surface area contributed by atoms with E-state index in [2.05, 4.69) is 40.0 Å². The number of benzene rings is 1. The van der Waals surface area contributed by atoms with Crippen LogP contribution < -0.4 is 10.6 Å². The number of H-pyrrole nitrogens is 1. The highest BCUT2D eigenvalue weighted by atomic mass is 16.2. The maximum absolute atomic E-state index is 12.8. The first-order valence-corrected chi connectivity index (χ1v) is 9.87. The molecule has 1 amide bonds. The van der Waals surface area contributed by atoms with Crippen molar-refractivity contribution in [2.75, 3.05) is 18.4 Å². The smallest absolute Gasteiger partial charge is 0.256 e. The van der Waals surface area contributed by atoms with E-state index in [-0.39, 0.29) is 5.91 Å². The number of hydrogen-bond acceptors (Lipinski definition) is 2. The van der Waals surface area contributed by atoms with Crippen LogP contribution in [0.25, 0.3) is 11.6 Å². The summed E-state index contributed by atoms with van der Waals surface area (Å²) in [5.41, 5.74) is 8.20. The fraction of sp³-hybridized carbons (Fsp3) is 0.409. The molecule has 2 aliphatic heterocycles. The summed E-state index contributed by atoms with van der Waals surface area (Å²) in [6, 6.07) is 6.33. The third-order valence-corrected chi connectivity index (χ3v) is 6.16. The van der Waals surface area contributed by atoms with Gasteiger partial charge in [-0.25, -0.2) is 0 Å². The van der Waals surface area contributed by atoms with Crippen molar-refractivity contribution in [3.05, 3.63) is 52.3 Å². The maximum atomic E-state index is 12.8. The molecule has 1 aromatic carbocycles. The number of rotatable bonds is 2. The number of piperidine rings is 1. The highest BCUT2D eigenvalue weighted by Gasteiger charge is 2.30. The van der Waals surface area contributed by atoms with Crippen LogP contribution in [0.15, 0.2) is 24.4 Å². The van der Waals surface area contributed by atoms with Crippen molar-refractivity contribution >= 4 is 23.2 Å². The van der Waals surface area contributed by atoms with Gasteiger partial charge in [-0.05, 0) is 86.4 Å². The molecular formula is C22H25N3O.